The van der Waals surface area contributed by atoms with Gasteiger partial charge < -0.3 is 15.4 Å². The number of halogens is 2. The molecule has 27 heavy (non-hydrogen) atoms. The molecule has 2 aromatic carbocycles. The maximum Gasteiger partial charge on any atom is 0.253 e. The molecular weight excluding hydrogens is 371 g/mol. The van der Waals surface area contributed by atoms with Crippen LogP contribution in [0.3, 0.4) is 0 Å². The number of carbonyl (C=O) groups excluding carboxylic acids is 2. The summed E-state index contributed by atoms with van der Waals surface area (Å²) in [5, 5.41) is -0.100. The van der Waals surface area contributed by atoms with Gasteiger partial charge >= 0.3 is 0 Å². The summed E-state index contributed by atoms with van der Waals surface area (Å²) in [6, 6.07) is 13.2. The Morgan fingerprint density at radius 1 is 1.22 bits per heavy atom. The average molecular weight is 391 g/mol. The summed E-state index contributed by atoms with van der Waals surface area (Å²) in [7, 11) is 0. The minimum atomic E-state index is -0.574. The van der Waals surface area contributed by atoms with Gasteiger partial charge in [-0.1, -0.05) is 29.8 Å². The lowest BCUT2D eigenvalue weighted by Gasteiger charge is -2.38. The third kappa shape index (κ3) is 4.77. The fourth-order valence-electron chi connectivity index (χ4n) is 3.29. The second-order valence-electron chi connectivity index (χ2n) is 6.57. The molecule has 142 valence electrons. The number of rotatable bonds is 5. The quantitative estimate of drug-likeness (QED) is 0.851. The first kappa shape index (κ1) is 19.2. The highest BCUT2D eigenvalue weighted by molar-refractivity contribution is 6.31. The number of hydrogen-bond acceptors (Lipinski definition) is 3. The van der Waals surface area contributed by atoms with Crippen LogP contribution in [0.25, 0.3) is 0 Å². The van der Waals surface area contributed by atoms with E-state index < -0.39 is 11.7 Å². The van der Waals surface area contributed by atoms with Gasteiger partial charge in [0.05, 0.1) is 5.02 Å². The minimum Gasteiger partial charge on any atom is -0.490 e. The fraction of sp³-hybridized carbons (Fsp3) is 0.300. The van der Waals surface area contributed by atoms with Crippen molar-refractivity contribution in [3.8, 4) is 5.75 Å². The van der Waals surface area contributed by atoms with Crippen LogP contribution in [-0.4, -0.2) is 35.9 Å². The molecule has 2 aromatic rings. The van der Waals surface area contributed by atoms with Crippen LogP contribution >= 0.6 is 11.6 Å². The molecule has 0 spiro atoms. The van der Waals surface area contributed by atoms with E-state index in [-0.39, 0.29) is 29.4 Å². The van der Waals surface area contributed by atoms with E-state index in [4.69, 9.17) is 22.1 Å². The summed E-state index contributed by atoms with van der Waals surface area (Å²) < 4.78 is 19.4. The van der Waals surface area contributed by atoms with Crippen LogP contribution in [0, 0.1) is 11.7 Å². The normalized spacial score (nSPS) is 19.6. The van der Waals surface area contributed by atoms with E-state index in [0.717, 1.165) is 0 Å². The number of carbonyl (C=O) groups is 2. The number of ether oxygens (including phenoxy) is 1. The number of piperidine rings is 1. The molecule has 1 aliphatic heterocycles. The van der Waals surface area contributed by atoms with Crippen LogP contribution in [0.15, 0.2) is 48.5 Å². The largest absolute Gasteiger partial charge is 0.490 e. The Bertz CT molecular complexity index is 831. The Balaban J connectivity index is 1.73. The molecule has 5 nitrogen and oxygen atoms in total. The molecule has 2 atom stereocenters. The molecule has 1 aliphatic rings. The molecule has 1 saturated heterocycles. The minimum absolute atomic E-state index is 0.100. The summed E-state index contributed by atoms with van der Waals surface area (Å²) in [6.45, 7) is 0.787. The summed E-state index contributed by atoms with van der Waals surface area (Å²) >= 11 is 5.78. The van der Waals surface area contributed by atoms with Crippen LogP contribution in [-0.2, 0) is 4.79 Å². The maximum atomic E-state index is 13.3. The third-order valence-electron chi connectivity index (χ3n) is 4.61. The predicted octanol–water partition coefficient (Wildman–Crippen LogP) is 3.26. The molecule has 0 aromatic heterocycles. The summed E-state index contributed by atoms with van der Waals surface area (Å²) in [4.78, 5) is 25.9. The number of primary amides is 1. The van der Waals surface area contributed by atoms with Crippen LogP contribution in [0.1, 0.15) is 23.2 Å². The number of nitrogens with two attached hydrogens (primary N) is 1. The van der Waals surface area contributed by atoms with E-state index >= 15 is 0 Å². The van der Waals surface area contributed by atoms with E-state index in [9.17, 15) is 14.0 Å². The molecule has 7 heteroatoms. The van der Waals surface area contributed by atoms with Gasteiger partial charge in [0.1, 0.15) is 17.7 Å². The summed E-state index contributed by atoms with van der Waals surface area (Å²) in [5.41, 5.74) is 5.70. The van der Waals surface area contributed by atoms with E-state index in [2.05, 4.69) is 0 Å². The Labute approximate surface area is 161 Å². The van der Waals surface area contributed by atoms with Gasteiger partial charge in [0.15, 0.2) is 0 Å². The number of benzene rings is 2. The molecule has 0 aliphatic carbocycles. The van der Waals surface area contributed by atoms with Crippen molar-refractivity contribution in [2.45, 2.75) is 18.9 Å². The van der Waals surface area contributed by atoms with Crippen molar-refractivity contribution in [1.29, 1.82) is 0 Å². The first-order valence-corrected chi connectivity index (χ1v) is 9.06. The van der Waals surface area contributed by atoms with Gasteiger partial charge in [-0.25, -0.2) is 4.39 Å². The lowest BCUT2D eigenvalue weighted by Crippen LogP contribution is -2.49. The molecule has 3 rings (SSSR count). The second-order valence-corrected chi connectivity index (χ2v) is 6.98. The van der Waals surface area contributed by atoms with Crippen molar-refractivity contribution >= 4 is 23.4 Å². The van der Waals surface area contributed by atoms with Crippen molar-refractivity contribution in [3.63, 3.8) is 0 Å². The Morgan fingerprint density at radius 3 is 2.63 bits per heavy atom. The van der Waals surface area contributed by atoms with Gasteiger partial charge in [0.2, 0.25) is 5.91 Å². The van der Waals surface area contributed by atoms with Crippen molar-refractivity contribution < 1.29 is 18.7 Å². The Morgan fingerprint density at radius 2 is 1.96 bits per heavy atom. The average Bonchev–Trinajstić information content (AvgIpc) is 2.65. The highest BCUT2D eigenvalue weighted by atomic mass is 35.5. The van der Waals surface area contributed by atoms with Crippen LogP contribution in [0.2, 0.25) is 5.02 Å². The zero-order chi connectivity index (χ0) is 19.4. The van der Waals surface area contributed by atoms with Crippen LogP contribution in [0.5, 0.6) is 5.75 Å². The SMILES string of the molecule is NC(=O)C[C@H]1CN(C(=O)c2ccc(F)c(Cl)c2)CC[C@@H]1Oc1ccccc1. The first-order valence-electron chi connectivity index (χ1n) is 8.68. The number of hydrogen-bond donors (Lipinski definition) is 1. The van der Waals surface area contributed by atoms with Crippen molar-refractivity contribution in [1.82, 2.24) is 4.90 Å². The number of likely N-dealkylation sites (tertiary alicyclic amines) is 1. The van der Waals surface area contributed by atoms with Crippen molar-refractivity contribution in [2.75, 3.05) is 13.1 Å². The molecule has 2 N–H and O–H groups in total. The van der Waals surface area contributed by atoms with Crippen LogP contribution in [0.4, 0.5) is 4.39 Å². The predicted molar refractivity (Wildman–Crippen MR) is 100 cm³/mol. The summed E-state index contributed by atoms with van der Waals surface area (Å²) in [6.07, 6.45) is 0.458. The van der Waals surface area contributed by atoms with Crippen LogP contribution < -0.4 is 10.5 Å². The standard InChI is InChI=1S/C20H20ClFN2O3/c21-16-10-13(6-7-17(16)22)20(26)24-9-8-18(14(12-24)11-19(23)25)27-15-4-2-1-3-5-15/h1-7,10,14,18H,8-9,11-12H2,(H2,23,25)/t14-,18-/m0/s1. The molecule has 1 fully saturated rings. The van der Waals surface area contributed by atoms with E-state index in [1.165, 1.54) is 18.2 Å². The monoisotopic (exact) mass is 390 g/mol. The topological polar surface area (TPSA) is 72.6 Å². The van der Waals surface area contributed by atoms with Gasteiger partial charge in [0.25, 0.3) is 5.91 Å². The fourth-order valence-corrected chi connectivity index (χ4v) is 3.47. The maximum absolute atomic E-state index is 13.3. The van der Waals surface area contributed by atoms with E-state index in [1.807, 2.05) is 30.3 Å². The van der Waals surface area contributed by atoms with Gasteiger partial charge in [-0.05, 0) is 30.3 Å². The Kier molecular flexibility index (Phi) is 5.96. The third-order valence-corrected chi connectivity index (χ3v) is 4.90. The zero-order valence-corrected chi connectivity index (χ0v) is 15.4. The lowest BCUT2D eigenvalue weighted by molar-refractivity contribution is -0.120. The number of para-hydroxylation sites is 1. The molecule has 0 saturated carbocycles. The molecule has 0 unspecified atom stereocenters. The Hall–Kier alpha value is -2.60. The molecular formula is C20H20ClFN2O3. The zero-order valence-electron chi connectivity index (χ0n) is 14.6. The molecule has 0 bridgehead atoms. The van der Waals surface area contributed by atoms with E-state index in [0.29, 0.717) is 30.8 Å². The highest BCUT2D eigenvalue weighted by Gasteiger charge is 2.34. The lowest BCUT2D eigenvalue weighted by atomic mass is 9.90. The van der Waals surface area contributed by atoms with Crippen molar-refractivity contribution in [2.24, 2.45) is 11.7 Å². The number of amides is 2. The molecule has 0 radical (unpaired) electrons. The first-order chi connectivity index (χ1) is 12.9. The van der Waals surface area contributed by atoms with Gasteiger partial charge in [-0.2, -0.15) is 0 Å². The molecule has 2 amide bonds. The van der Waals surface area contributed by atoms with Gasteiger partial charge in [-0.15, -0.1) is 0 Å². The van der Waals surface area contributed by atoms with Crippen molar-refractivity contribution in [3.05, 3.63) is 64.9 Å². The number of nitrogens with zero attached hydrogens (tertiary/aromatic N) is 1. The highest BCUT2D eigenvalue weighted by Crippen LogP contribution is 2.27. The molecule has 1 heterocycles. The van der Waals surface area contributed by atoms with Gasteiger partial charge in [0, 0.05) is 37.4 Å². The van der Waals surface area contributed by atoms with E-state index in [1.54, 1.807) is 4.90 Å². The summed E-state index contributed by atoms with van der Waals surface area (Å²) in [5.74, 6) is -0.793. The smallest absolute Gasteiger partial charge is 0.253 e. The second kappa shape index (κ2) is 8.39. The van der Waals surface area contributed by atoms with Gasteiger partial charge in [-0.3, -0.25) is 9.59 Å².